The lowest BCUT2D eigenvalue weighted by Crippen LogP contribution is -2.20. The van der Waals surface area contributed by atoms with Crippen LogP contribution in [0.1, 0.15) is 11.1 Å². The number of nitrogens with zero attached hydrogens (tertiary/aromatic N) is 3. The molecule has 2 aromatic rings. The van der Waals surface area contributed by atoms with E-state index in [0.29, 0.717) is 22.5 Å². The molecule has 3 N–H and O–H groups in total. The monoisotopic (exact) mass is 297 g/mol. The number of carbonyl (C=O) groups excluding carboxylic acids is 1. The number of aryl methyl sites for hydroxylation is 1. The number of amides is 2. The Morgan fingerprint density at radius 1 is 1.23 bits per heavy atom. The lowest BCUT2D eigenvalue weighted by molar-refractivity contribution is 0.262. The summed E-state index contributed by atoms with van der Waals surface area (Å²) in [7, 11) is 0. The van der Waals surface area contributed by atoms with Gasteiger partial charge in [0.1, 0.15) is 5.75 Å². The molecule has 2 amide bonds. The standard InChI is InChI=1S/C15H15N5O2/c1-9-8-12(21)14(19-20-16)10(2)13(9)18-15(22)17-11-6-4-3-5-7-11/h3-8,21H,1-2H3,(H2,17,18,22). The third kappa shape index (κ3) is 3.28. The molecule has 0 bridgehead atoms. The second-order valence-corrected chi connectivity index (χ2v) is 4.70. The Morgan fingerprint density at radius 2 is 1.91 bits per heavy atom. The van der Waals surface area contributed by atoms with Crippen LogP contribution >= 0.6 is 0 Å². The number of para-hydroxylation sites is 1. The summed E-state index contributed by atoms with van der Waals surface area (Å²) < 4.78 is 0. The fourth-order valence-electron chi connectivity index (χ4n) is 2.11. The summed E-state index contributed by atoms with van der Waals surface area (Å²) >= 11 is 0. The fraction of sp³-hybridized carbons (Fsp3) is 0.133. The van der Waals surface area contributed by atoms with Gasteiger partial charge in [0.15, 0.2) is 0 Å². The first-order chi connectivity index (χ1) is 10.5. The predicted octanol–water partition coefficient (Wildman–Crippen LogP) is 4.59. The average Bonchev–Trinajstić information content (AvgIpc) is 2.49. The van der Waals surface area contributed by atoms with Gasteiger partial charge in [0.2, 0.25) is 0 Å². The van der Waals surface area contributed by atoms with Gasteiger partial charge in [0.05, 0.1) is 5.69 Å². The highest BCUT2D eigenvalue weighted by Gasteiger charge is 2.14. The molecular formula is C15H15N5O2. The quantitative estimate of drug-likeness (QED) is 0.333. The summed E-state index contributed by atoms with van der Waals surface area (Å²) in [6, 6.07) is 10.0. The van der Waals surface area contributed by atoms with Crippen molar-refractivity contribution in [2.75, 3.05) is 10.6 Å². The van der Waals surface area contributed by atoms with E-state index in [1.54, 1.807) is 26.0 Å². The summed E-state index contributed by atoms with van der Waals surface area (Å²) in [6.45, 7) is 3.40. The number of aromatic hydroxyl groups is 1. The van der Waals surface area contributed by atoms with Gasteiger partial charge in [-0.1, -0.05) is 23.3 Å². The smallest absolute Gasteiger partial charge is 0.323 e. The summed E-state index contributed by atoms with van der Waals surface area (Å²) in [5, 5.41) is 18.7. The lowest BCUT2D eigenvalue weighted by Gasteiger charge is -2.15. The third-order valence-corrected chi connectivity index (χ3v) is 3.14. The van der Waals surface area contributed by atoms with Gasteiger partial charge in [-0.15, -0.1) is 0 Å². The van der Waals surface area contributed by atoms with Crippen LogP contribution in [0.3, 0.4) is 0 Å². The Labute approximate surface area is 127 Å². The molecule has 0 unspecified atom stereocenters. The van der Waals surface area contributed by atoms with E-state index < -0.39 is 6.03 Å². The topological polar surface area (TPSA) is 110 Å². The maximum atomic E-state index is 12.1. The van der Waals surface area contributed by atoms with E-state index >= 15 is 0 Å². The lowest BCUT2D eigenvalue weighted by atomic mass is 10.1. The molecule has 7 nitrogen and oxygen atoms in total. The first kappa shape index (κ1) is 15.2. The van der Waals surface area contributed by atoms with E-state index in [0.717, 1.165) is 0 Å². The van der Waals surface area contributed by atoms with Crippen molar-refractivity contribution >= 4 is 23.1 Å². The van der Waals surface area contributed by atoms with E-state index in [9.17, 15) is 9.90 Å². The van der Waals surface area contributed by atoms with Gasteiger partial charge in [-0.3, -0.25) is 0 Å². The number of nitrogens with one attached hydrogen (secondary N) is 2. The zero-order valence-corrected chi connectivity index (χ0v) is 12.2. The van der Waals surface area contributed by atoms with Gasteiger partial charge in [-0.2, -0.15) is 0 Å². The second-order valence-electron chi connectivity index (χ2n) is 4.70. The highest BCUT2D eigenvalue weighted by Crippen LogP contribution is 2.37. The molecule has 2 aromatic carbocycles. The number of anilines is 2. The molecule has 112 valence electrons. The van der Waals surface area contributed by atoms with E-state index in [-0.39, 0.29) is 11.4 Å². The molecule has 22 heavy (non-hydrogen) atoms. The molecule has 0 saturated carbocycles. The first-order valence-electron chi connectivity index (χ1n) is 6.54. The Kier molecular flexibility index (Phi) is 4.50. The predicted molar refractivity (Wildman–Crippen MR) is 85.5 cm³/mol. The van der Waals surface area contributed by atoms with E-state index in [1.165, 1.54) is 6.07 Å². The van der Waals surface area contributed by atoms with Crippen LogP contribution in [0.15, 0.2) is 41.5 Å². The van der Waals surface area contributed by atoms with Crippen LogP contribution in [0, 0.1) is 13.8 Å². The molecule has 2 rings (SSSR count). The molecule has 0 heterocycles. The SMILES string of the molecule is Cc1cc(O)c(N=[N+]=[N-])c(C)c1NC(=O)Nc1ccccc1. The molecule has 0 aliphatic heterocycles. The Morgan fingerprint density at radius 3 is 2.55 bits per heavy atom. The number of hydrogen-bond donors (Lipinski definition) is 3. The van der Waals surface area contributed by atoms with Crippen LogP contribution in [-0.4, -0.2) is 11.1 Å². The van der Waals surface area contributed by atoms with Gasteiger partial charge < -0.3 is 15.7 Å². The third-order valence-electron chi connectivity index (χ3n) is 3.14. The first-order valence-corrected chi connectivity index (χ1v) is 6.54. The van der Waals surface area contributed by atoms with E-state index in [2.05, 4.69) is 20.7 Å². The van der Waals surface area contributed by atoms with Crippen molar-refractivity contribution in [2.45, 2.75) is 13.8 Å². The van der Waals surface area contributed by atoms with E-state index in [4.69, 9.17) is 5.53 Å². The molecular weight excluding hydrogens is 282 g/mol. The van der Waals surface area contributed by atoms with Crippen molar-refractivity contribution in [3.8, 4) is 5.75 Å². The number of urea groups is 1. The molecule has 0 saturated heterocycles. The van der Waals surface area contributed by atoms with Gasteiger partial charge >= 0.3 is 6.03 Å². The van der Waals surface area contributed by atoms with Crippen molar-refractivity contribution in [3.05, 3.63) is 58.0 Å². The van der Waals surface area contributed by atoms with Crippen LogP contribution in [0.5, 0.6) is 5.75 Å². The summed E-state index contributed by atoms with van der Waals surface area (Å²) in [4.78, 5) is 14.7. The Bertz CT molecular complexity index is 752. The zero-order valence-electron chi connectivity index (χ0n) is 12.2. The van der Waals surface area contributed by atoms with Crippen LogP contribution in [-0.2, 0) is 0 Å². The molecule has 0 radical (unpaired) electrons. The largest absolute Gasteiger partial charge is 0.507 e. The van der Waals surface area contributed by atoms with Gasteiger partial charge in [0, 0.05) is 16.3 Å². The van der Waals surface area contributed by atoms with Crippen LogP contribution in [0.4, 0.5) is 21.9 Å². The van der Waals surface area contributed by atoms with Crippen molar-refractivity contribution in [1.82, 2.24) is 0 Å². The molecule has 7 heteroatoms. The van der Waals surface area contributed by atoms with Crippen molar-refractivity contribution in [3.63, 3.8) is 0 Å². The van der Waals surface area contributed by atoms with Crippen molar-refractivity contribution in [2.24, 2.45) is 5.11 Å². The minimum Gasteiger partial charge on any atom is -0.507 e. The number of rotatable bonds is 3. The highest BCUT2D eigenvalue weighted by molar-refractivity contribution is 6.01. The van der Waals surface area contributed by atoms with Gasteiger partial charge in [0.25, 0.3) is 0 Å². The molecule has 0 aromatic heterocycles. The van der Waals surface area contributed by atoms with Crippen LogP contribution < -0.4 is 10.6 Å². The number of benzene rings is 2. The minimum atomic E-state index is -0.421. The normalized spacial score (nSPS) is 9.73. The highest BCUT2D eigenvalue weighted by atomic mass is 16.3. The zero-order chi connectivity index (χ0) is 16.1. The van der Waals surface area contributed by atoms with Crippen LogP contribution in [0.25, 0.3) is 10.4 Å². The maximum absolute atomic E-state index is 12.1. The van der Waals surface area contributed by atoms with Crippen molar-refractivity contribution < 1.29 is 9.90 Å². The maximum Gasteiger partial charge on any atom is 0.323 e. The summed E-state index contributed by atoms with van der Waals surface area (Å²) in [6.07, 6.45) is 0. The molecule has 0 aliphatic rings. The Balaban J connectivity index is 2.27. The minimum absolute atomic E-state index is 0.100. The summed E-state index contributed by atoms with van der Waals surface area (Å²) in [5.41, 5.74) is 11.0. The number of phenols is 1. The number of carbonyl (C=O) groups is 1. The Hall–Kier alpha value is -3.18. The molecule has 0 atom stereocenters. The van der Waals surface area contributed by atoms with Gasteiger partial charge in [-0.25, -0.2) is 4.79 Å². The molecule has 0 fully saturated rings. The average molecular weight is 297 g/mol. The van der Waals surface area contributed by atoms with Crippen LogP contribution in [0.2, 0.25) is 0 Å². The fourth-order valence-corrected chi connectivity index (χ4v) is 2.11. The molecule has 0 spiro atoms. The number of phenolic OH excluding ortho intramolecular Hbond substituents is 1. The number of hydrogen-bond acceptors (Lipinski definition) is 3. The second kappa shape index (κ2) is 6.51. The molecule has 0 aliphatic carbocycles. The van der Waals surface area contributed by atoms with Gasteiger partial charge in [-0.05, 0) is 48.7 Å². The number of azide groups is 1. The van der Waals surface area contributed by atoms with Crippen molar-refractivity contribution in [1.29, 1.82) is 0 Å². The summed E-state index contributed by atoms with van der Waals surface area (Å²) in [5.74, 6) is -0.123. The van der Waals surface area contributed by atoms with E-state index in [1.807, 2.05) is 18.2 Å².